The molecular formula is C21H23ClN4O. The molecule has 3 rings (SSSR count). The molecule has 2 aromatic rings. The molecule has 1 saturated heterocycles. The standard InChI is InChI=1S/C21H23ClN4O/c22-20-13-19(8-7-18(20)14-23)24-21(27)16-26-10-4-9-25(11-12-26)15-17-5-2-1-3-6-17/h1-3,5-8,13H,4,9-12,15-16H2,(H,24,27). The lowest BCUT2D eigenvalue weighted by molar-refractivity contribution is -0.117. The molecule has 0 aromatic heterocycles. The van der Waals surface area contributed by atoms with Gasteiger partial charge in [0.2, 0.25) is 5.91 Å². The van der Waals surface area contributed by atoms with E-state index in [1.165, 1.54) is 5.56 Å². The van der Waals surface area contributed by atoms with Crippen LogP contribution in [0.5, 0.6) is 0 Å². The Hall–Kier alpha value is -2.39. The second-order valence-electron chi connectivity index (χ2n) is 6.75. The lowest BCUT2D eigenvalue weighted by Gasteiger charge is -2.21. The van der Waals surface area contributed by atoms with E-state index < -0.39 is 0 Å². The topological polar surface area (TPSA) is 59.4 Å². The SMILES string of the molecule is N#Cc1ccc(NC(=O)CN2CCCN(Cc3ccccc3)CC2)cc1Cl. The largest absolute Gasteiger partial charge is 0.325 e. The van der Waals surface area contributed by atoms with Crippen LogP contribution in [-0.2, 0) is 11.3 Å². The normalized spacial score (nSPS) is 15.7. The molecule has 0 unspecified atom stereocenters. The van der Waals surface area contributed by atoms with Crippen molar-refractivity contribution in [1.29, 1.82) is 5.26 Å². The summed E-state index contributed by atoms with van der Waals surface area (Å²) in [6, 6.07) is 17.4. The predicted molar refractivity (Wildman–Crippen MR) is 108 cm³/mol. The molecule has 0 aliphatic carbocycles. The van der Waals surface area contributed by atoms with Gasteiger partial charge in [-0.2, -0.15) is 5.26 Å². The van der Waals surface area contributed by atoms with E-state index in [0.717, 1.165) is 39.1 Å². The van der Waals surface area contributed by atoms with Crippen LogP contribution in [-0.4, -0.2) is 48.4 Å². The Balaban J connectivity index is 1.49. The van der Waals surface area contributed by atoms with Crippen LogP contribution in [0.3, 0.4) is 0 Å². The van der Waals surface area contributed by atoms with Gasteiger partial charge in [-0.1, -0.05) is 41.9 Å². The highest BCUT2D eigenvalue weighted by Gasteiger charge is 2.17. The molecule has 0 spiro atoms. The van der Waals surface area contributed by atoms with Crippen LogP contribution in [0.25, 0.3) is 0 Å². The number of anilines is 1. The Kier molecular flexibility index (Phi) is 6.83. The van der Waals surface area contributed by atoms with Gasteiger partial charge in [0.1, 0.15) is 6.07 Å². The van der Waals surface area contributed by atoms with E-state index in [1.54, 1.807) is 18.2 Å². The molecule has 1 N–H and O–H groups in total. The first kappa shape index (κ1) is 19.4. The van der Waals surface area contributed by atoms with E-state index in [9.17, 15) is 4.79 Å². The van der Waals surface area contributed by atoms with Crippen LogP contribution in [0, 0.1) is 11.3 Å². The number of nitriles is 1. The molecule has 6 heteroatoms. The third-order valence-corrected chi connectivity index (χ3v) is 4.98. The first-order valence-electron chi connectivity index (χ1n) is 9.12. The molecule has 1 amide bonds. The number of hydrogen-bond donors (Lipinski definition) is 1. The number of carbonyl (C=O) groups is 1. The van der Waals surface area contributed by atoms with Gasteiger partial charge in [-0.3, -0.25) is 14.6 Å². The molecule has 140 valence electrons. The number of rotatable bonds is 5. The highest BCUT2D eigenvalue weighted by atomic mass is 35.5. The van der Waals surface area contributed by atoms with Crippen molar-refractivity contribution in [3.63, 3.8) is 0 Å². The van der Waals surface area contributed by atoms with Crippen LogP contribution in [0.2, 0.25) is 5.02 Å². The van der Waals surface area contributed by atoms with Gasteiger partial charge in [-0.25, -0.2) is 0 Å². The second-order valence-corrected chi connectivity index (χ2v) is 7.15. The van der Waals surface area contributed by atoms with Crippen LogP contribution >= 0.6 is 11.6 Å². The first-order chi connectivity index (χ1) is 13.1. The van der Waals surface area contributed by atoms with Crippen molar-refractivity contribution in [1.82, 2.24) is 9.80 Å². The van der Waals surface area contributed by atoms with Crippen molar-refractivity contribution in [2.24, 2.45) is 0 Å². The summed E-state index contributed by atoms with van der Waals surface area (Å²) in [5, 5.41) is 12.1. The molecule has 1 fully saturated rings. The van der Waals surface area contributed by atoms with Crippen molar-refractivity contribution < 1.29 is 4.79 Å². The zero-order valence-corrected chi connectivity index (χ0v) is 16.0. The van der Waals surface area contributed by atoms with Gasteiger partial charge < -0.3 is 5.32 Å². The summed E-state index contributed by atoms with van der Waals surface area (Å²) in [6.07, 6.45) is 1.04. The van der Waals surface area contributed by atoms with Crippen molar-refractivity contribution >= 4 is 23.2 Å². The third kappa shape index (κ3) is 5.80. The number of carbonyl (C=O) groups excluding carboxylic acids is 1. The molecule has 0 saturated carbocycles. The number of benzene rings is 2. The molecule has 1 aliphatic rings. The minimum atomic E-state index is -0.0627. The Labute approximate surface area is 165 Å². The van der Waals surface area contributed by atoms with E-state index >= 15 is 0 Å². The van der Waals surface area contributed by atoms with Crippen molar-refractivity contribution in [2.75, 3.05) is 38.0 Å². The predicted octanol–water partition coefficient (Wildman–Crippen LogP) is 3.36. The number of amides is 1. The van der Waals surface area contributed by atoms with Gasteiger partial charge in [0.15, 0.2) is 0 Å². The fourth-order valence-electron chi connectivity index (χ4n) is 3.27. The molecule has 0 radical (unpaired) electrons. The van der Waals surface area contributed by atoms with E-state index in [2.05, 4.69) is 39.4 Å². The smallest absolute Gasteiger partial charge is 0.238 e. The minimum Gasteiger partial charge on any atom is -0.325 e. The summed E-state index contributed by atoms with van der Waals surface area (Å²) in [6.45, 7) is 5.08. The van der Waals surface area contributed by atoms with Gasteiger partial charge in [-0.05, 0) is 43.3 Å². The summed E-state index contributed by atoms with van der Waals surface area (Å²) in [5.41, 5.74) is 2.34. The quantitative estimate of drug-likeness (QED) is 0.861. The van der Waals surface area contributed by atoms with Gasteiger partial charge in [0, 0.05) is 25.3 Å². The summed E-state index contributed by atoms with van der Waals surface area (Å²) in [4.78, 5) is 17.0. The van der Waals surface area contributed by atoms with E-state index in [1.807, 2.05) is 12.1 Å². The summed E-state index contributed by atoms with van der Waals surface area (Å²) >= 11 is 6.02. The number of hydrogen-bond acceptors (Lipinski definition) is 4. The Morgan fingerprint density at radius 2 is 1.81 bits per heavy atom. The maximum atomic E-state index is 12.4. The third-order valence-electron chi connectivity index (χ3n) is 4.67. The van der Waals surface area contributed by atoms with Crippen molar-refractivity contribution in [3.8, 4) is 6.07 Å². The average molecular weight is 383 g/mol. The molecule has 2 aromatic carbocycles. The van der Waals surface area contributed by atoms with Crippen LogP contribution in [0.4, 0.5) is 5.69 Å². The molecule has 0 bridgehead atoms. The van der Waals surface area contributed by atoms with Crippen LogP contribution in [0.15, 0.2) is 48.5 Å². The summed E-state index contributed by atoms with van der Waals surface area (Å²) < 4.78 is 0. The number of halogens is 1. The minimum absolute atomic E-state index is 0.0627. The fourth-order valence-corrected chi connectivity index (χ4v) is 3.49. The van der Waals surface area contributed by atoms with Gasteiger partial charge in [0.05, 0.1) is 17.1 Å². The van der Waals surface area contributed by atoms with Crippen LogP contribution in [0.1, 0.15) is 17.5 Å². The van der Waals surface area contributed by atoms with Crippen LogP contribution < -0.4 is 5.32 Å². The zero-order chi connectivity index (χ0) is 19.1. The van der Waals surface area contributed by atoms with Gasteiger partial charge in [0.25, 0.3) is 0 Å². The molecule has 1 aliphatic heterocycles. The Morgan fingerprint density at radius 3 is 2.56 bits per heavy atom. The average Bonchev–Trinajstić information content (AvgIpc) is 2.88. The molecule has 0 atom stereocenters. The summed E-state index contributed by atoms with van der Waals surface area (Å²) in [5.74, 6) is -0.0627. The van der Waals surface area contributed by atoms with Crippen molar-refractivity contribution in [2.45, 2.75) is 13.0 Å². The fraction of sp³-hybridized carbons (Fsp3) is 0.333. The Morgan fingerprint density at radius 1 is 1.07 bits per heavy atom. The zero-order valence-electron chi connectivity index (χ0n) is 15.2. The maximum Gasteiger partial charge on any atom is 0.238 e. The number of nitrogens with one attached hydrogen (secondary N) is 1. The summed E-state index contributed by atoms with van der Waals surface area (Å²) in [7, 11) is 0. The van der Waals surface area contributed by atoms with E-state index in [4.69, 9.17) is 16.9 Å². The highest BCUT2D eigenvalue weighted by Crippen LogP contribution is 2.20. The molecule has 5 nitrogen and oxygen atoms in total. The monoisotopic (exact) mass is 382 g/mol. The molecule has 27 heavy (non-hydrogen) atoms. The first-order valence-corrected chi connectivity index (χ1v) is 9.50. The van der Waals surface area contributed by atoms with Crippen molar-refractivity contribution in [3.05, 3.63) is 64.7 Å². The lowest BCUT2D eigenvalue weighted by Crippen LogP contribution is -2.36. The maximum absolute atomic E-state index is 12.4. The Bertz CT molecular complexity index is 819. The highest BCUT2D eigenvalue weighted by molar-refractivity contribution is 6.32. The molecular weight excluding hydrogens is 360 g/mol. The van der Waals surface area contributed by atoms with E-state index in [0.29, 0.717) is 22.8 Å². The molecule has 1 heterocycles. The lowest BCUT2D eigenvalue weighted by atomic mass is 10.2. The number of nitrogens with zero attached hydrogens (tertiary/aromatic N) is 3. The van der Waals surface area contributed by atoms with Gasteiger partial charge >= 0.3 is 0 Å². The second kappa shape index (κ2) is 9.52. The van der Waals surface area contributed by atoms with E-state index in [-0.39, 0.29) is 5.91 Å². The van der Waals surface area contributed by atoms with Gasteiger partial charge in [-0.15, -0.1) is 0 Å².